The van der Waals surface area contributed by atoms with Crippen molar-refractivity contribution in [2.75, 3.05) is 26.4 Å². The summed E-state index contributed by atoms with van der Waals surface area (Å²) < 4.78 is 5.11. The van der Waals surface area contributed by atoms with Gasteiger partial charge in [-0.25, -0.2) is 0 Å². The molecule has 0 fully saturated rings. The van der Waals surface area contributed by atoms with Crippen molar-refractivity contribution in [2.24, 2.45) is 0 Å². The van der Waals surface area contributed by atoms with E-state index >= 15 is 0 Å². The molecule has 78 heavy (non-hydrogen) atoms. The van der Waals surface area contributed by atoms with Crippen LogP contribution < -0.4 is 4.74 Å². The molecular formula is C68H82O10. The van der Waals surface area contributed by atoms with Gasteiger partial charge in [-0.2, -0.15) is 0 Å². The van der Waals surface area contributed by atoms with E-state index in [1.54, 1.807) is 48.5 Å². The molecule has 0 aromatic heterocycles. The average Bonchev–Trinajstić information content (AvgIpc) is 3.48. The molecule has 9 aromatic carbocycles. The van der Waals surface area contributed by atoms with Crippen molar-refractivity contribution in [3.63, 3.8) is 0 Å². The van der Waals surface area contributed by atoms with Gasteiger partial charge in [0.05, 0.1) is 26.4 Å². The van der Waals surface area contributed by atoms with Crippen LogP contribution in [0.25, 0.3) is 0 Å². The van der Waals surface area contributed by atoms with Crippen molar-refractivity contribution >= 4 is 0 Å². The number of aryl methyl sites for hydroxylation is 5. The number of hydrogen-bond donors (Lipinski definition) is 9. The number of aromatic hydroxyl groups is 3. The minimum Gasteiger partial charge on any atom is -0.508 e. The molecule has 9 N–H and O–H groups in total. The van der Waals surface area contributed by atoms with Gasteiger partial charge < -0.3 is 50.7 Å². The number of aliphatic hydroxyl groups excluding tert-OH is 6. The van der Waals surface area contributed by atoms with Crippen LogP contribution in [-0.2, 0) is 32.7 Å². The molecular weight excluding hydrogens is 977 g/mol. The molecule has 0 saturated heterocycles. The van der Waals surface area contributed by atoms with Crippen LogP contribution in [0.5, 0.6) is 23.0 Å². The summed E-state index contributed by atoms with van der Waals surface area (Å²) in [5.41, 5.74) is 10.2. The van der Waals surface area contributed by atoms with E-state index in [4.69, 9.17) is 50.7 Å². The predicted molar refractivity (Wildman–Crippen MR) is 318 cm³/mol. The van der Waals surface area contributed by atoms with E-state index in [1.165, 1.54) is 33.4 Å². The summed E-state index contributed by atoms with van der Waals surface area (Å²) in [6, 6.07) is 77.7. The Bertz CT molecular complexity index is 2500. The molecule has 0 aliphatic heterocycles. The maximum absolute atomic E-state index is 8.76. The zero-order valence-electron chi connectivity index (χ0n) is 45.7. The highest BCUT2D eigenvalue weighted by atomic mass is 16.5. The maximum Gasteiger partial charge on any atom is 0.119 e. The third kappa shape index (κ3) is 38.5. The smallest absolute Gasteiger partial charge is 0.119 e. The summed E-state index contributed by atoms with van der Waals surface area (Å²) in [4.78, 5) is 0. The Balaban J connectivity index is 0.000000439. The Morgan fingerprint density at radius 3 is 0.821 bits per heavy atom. The first-order valence-electron chi connectivity index (χ1n) is 25.7. The van der Waals surface area contributed by atoms with Crippen LogP contribution in [-0.4, -0.2) is 72.4 Å². The number of hydrogen-bond acceptors (Lipinski definition) is 10. The van der Waals surface area contributed by atoms with E-state index in [0.717, 1.165) is 41.7 Å². The van der Waals surface area contributed by atoms with Crippen LogP contribution >= 0.6 is 0 Å². The molecule has 0 bridgehead atoms. The second-order valence-electron chi connectivity index (χ2n) is 17.1. The normalized spacial score (nSPS) is 9.31. The van der Waals surface area contributed by atoms with Gasteiger partial charge in [0, 0.05) is 13.2 Å². The Morgan fingerprint density at radius 2 is 0.551 bits per heavy atom. The van der Waals surface area contributed by atoms with E-state index in [9.17, 15) is 0 Å². The van der Waals surface area contributed by atoms with E-state index < -0.39 is 0 Å². The number of para-hydroxylation sites is 2. The molecule has 0 radical (unpaired) electrons. The van der Waals surface area contributed by atoms with Crippen molar-refractivity contribution < 1.29 is 50.7 Å². The second-order valence-corrected chi connectivity index (χ2v) is 17.1. The summed E-state index contributed by atoms with van der Waals surface area (Å²) in [5, 5.41) is 77.4. The molecule has 0 heterocycles. The lowest BCUT2D eigenvalue weighted by molar-refractivity contribution is 0.201. The molecule has 0 aliphatic rings. The number of ether oxygens (including phenoxy) is 1. The van der Waals surface area contributed by atoms with Crippen molar-refractivity contribution in [2.45, 2.75) is 66.8 Å². The van der Waals surface area contributed by atoms with Gasteiger partial charge in [-0.05, 0) is 123 Å². The molecule has 0 saturated carbocycles. The molecule has 0 atom stereocenters. The van der Waals surface area contributed by atoms with Crippen LogP contribution in [0, 0.1) is 27.7 Å². The summed E-state index contributed by atoms with van der Waals surface area (Å²) in [6.07, 6.45) is 2.61. The number of phenols is 3. The quantitative estimate of drug-likeness (QED) is 0.0602. The minimum absolute atomic E-state index is 0.0644. The predicted octanol–water partition coefficient (Wildman–Crippen LogP) is 12.8. The highest BCUT2D eigenvalue weighted by molar-refractivity contribution is 5.26. The lowest BCUT2D eigenvalue weighted by Crippen LogP contribution is -2.00. The second kappa shape index (κ2) is 46.3. The van der Waals surface area contributed by atoms with Gasteiger partial charge >= 0.3 is 0 Å². The maximum atomic E-state index is 8.76. The van der Waals surface area contributed by atoms with Crippen molar-refractivity contribution in [1.29, 1.82) is 0 Å². The lowest BCUT2D eigenvalue weighted by atomic mass is 10.1. The van der Waals surface area contributed by atoms with Crippen LogP contribution in [0.4, 0.5) is 0 Å². The number of aliphatic hydroxyl groups is 6. The third-order valence-corrected chi connectivity index (χ3v) is 10.3. The first-order chi connectivity index (χ1) is 37.8. The van der Waals surface area contributed by atoms with Crippen molar-refractivity contribution in [3.05, 3.63) is 299 Å². The van der Waals surface area contributed by atoms with Crippen LogP contribution in [0.2, 0.25) is 0 Å². The third-order valence-electron chi connectivity index (χ3n) is 10.3. The minimum atomic E-state index is 0.0644. The van der Waals surface area contributed by atoms with Gasteiger partial charge in [-0.1, -0.05) is 222 Å². The Hall–Kier alpha value is -8.06. The monoisotopic (exact) mass is 1060 g/mol. The van der Waals surface area contributed by atoms with Gasteiger partial charge in [0.25, 0.3) is 0 Å². The molecule has 9 aromatic rings. The first-order valence-corrected chi connectivity index (χ1v) is 25.7. The molecule has 0 aliphatic carbocycles. The first kappa shape index (κ1) is 68.0. The van der Waals surface area contributed by atoms with Crippen LogP contribution in [0.3, 0.4) is 0 Å². The number of phenolic OH excluding ortho intramolecular Hbond substituents is 3. The van der Waals surface area contributed by atoms with Crippen molar-refractivity contribution in [3.8, 4) is 23.0 Å². The molecule has 0 amide bonds. The van der Waals surface area contributed by atoms with Crippen molar-refractivity contribution in [1.82, 2.24) is 0 Å². The molecule has 0 unspecified atom stereocenters. The topological polar surface area (TPSA) is 191 Å². The standard InChI is InChI=1S/C9H12O.C8H10O2.3C8H10O.3C7H8O.C6H6O/c10-8-4-7-9-5-2-1-3-6-9;9-6-7-10-8-4-2-1-3-5-8;2*1-7-2-4-8(6-9)5-3-7;9-7-6-8-4-2-1-3-5-8;2*1-6-2-4-7(8)5-3-6;8-6-7-4-2-1-3-5-7;7-6-4-2-1-3-5-6/h1-3,5-6,10H,4,7-8H2;1-5,9H,6-7H2;2*2-5,9H,6H2,1H3;1-5,9H,6-7H2;2*2-5,8H,1H3;1-5,8H,6H2;1-5,7H. The van der Waals surface area contributed by atoms with Gasteiger partial charge in [-0.15, -0.1) is 0 Å². The molecule has 9 rings (SSSR count). The van der Waals surface area contributed by atoms with Crippen LogP contribution in [0.15, 0.2) is 249 Å². The van der Waals surface area contributed by atoms with Gasteiger partial charge in [0.2, 0.25) is 0 Å². The lowest BCUT2D eigenvalue weighted by Gasteiger charge is -2.01. The van der Waals surface area contributed by atoms with E-state index in [0.29, 0.717) is 23.9 Å². The Morgan fingerprint density at radius 1 is 0.269 bits per heavy atom. The molecule has 0 spiro atoms. The van der Waals surface area contributed by atoms with E-state index in [2.05, 4.69) is 12.1 Å². The van der Waals surface area contributed by atoms with E-state index in [1.807, 2.05) is 216 Å². The average molecular weight is 1060 g/mol. The fraction of sp³-hybridized carbons (Fsp3) is 0.206. The summed E-state index contributed by atoms with van der Waals surface area (Å²) >= 11 is 0. The summed E-state index contributed by atoms with van der Waals surface area (Å²) in [6.45, 7) is 9.40. The molecule has 414 valence electrons. The SMILES string of the molecule is Cc1ccc(CO)cc1.Cc1ccc(CO)cc1.Cc1ccc(O)cc1.Cc1ccc(O)cc1.OCCCc1ccccc1.OCCOc1ccccc1.OCCc1ccccc1.OCc1ccccc1.Oc1ccccc1. The summed E-state index contributed by atoms with van der Waals surface area (Å²) in [5.74, 6) is 1.78. The van der Waals surface area contributed by atoms with Crippen LogP contribution in [0.1, 0.15) is 56.5 Å². The number of rotatable bonds is 11. The Kier molecular flexibility index (Phi) is 40.3. The van der Waals surface area contributed by atoms with E-state index in [-0.39, 0.29) is 39.6 Å². The molecule has 10 heteroatoms. The molecule has 10 nitrogen and oxygen atoms in total. The largest absolute Gasteiger partial charge is 0.508 e. The van der Waals surface area contributed by atoms with Gasteiger partial charge in [-0.3, -0.25) is 0 Å². The Labute approximate surface area is 463 Å². The fourth-order valence-electron chi connectivity index (χ4n) is 5.87. The highest BCUT2D eigenvalue weighted by Crippen LogP contribution is 2.10. The summed E-state index contributed by atoms with van der Waals surface area (Å²) in [7, 11) is 0. The zero-order chi connectivity index (χ0) is 57.3. The van der Waals surface area contributed by atoms with Gasteiger partial charge in [0.1, 0.15) is 29.6 Å². The highest BCUT2D eigenvalue weighted by Gasteiger charge is 1.91. The fourth-order valence-corrected chi connectivity index (χ4v) is 5.87. The van der Waals surface area contributed by atoms with Gasteiger partial charge in [0.15, 0.2) is 0 Å². The zero-order valence-corrected chi connectivity index (χ0v) is 45.7. The number of benzene rings is 9.